The number of nitrogens with two attached hydrogens (primary N) is 2. The normalized spacial score (nSPS) is 29.9. The highest BCUT2D eigenvalue weighted by Gasteiger charge is 2.60. The number of carbonyl (C=O) groups excluding carboxylic acids is 2. The monoisotopic (exact) mass is 722 g/mol. The van der Waals surface area contributed by atoms with Crippen molar-refractivity contribution in [2.75, 3.05) is 18.5 Å². The summed E-state index contributed by atoms with van der Waals surface area (Å²) in [5.74, 6) is 0.610. The van der Waals surface area contributed by atoms with Crippen molar-refractivity contribution in [1.29, 1.82) is 0 Å². The van der Waals surface area contributed by atoms with Gasteiger partial charge in [0.05, 0.1) is 49.0 Å². The average molecular weight is 723 g/mol. The number of Topliss-reactive ketones (excluding diaryl/α,β-unsaturated/α-hetero) is 1. The number of aliphatic imine (C=N–C) groups is 3. The third-order valence-corrected chi connectivity index (χ3v) is 11.7. The molecule has 0 spiro atoms. The van der Waals surface area contributed by atoms with Crippen molar-refractivity contribution < 1.29 is 24.5 Å². The number of nitrogens with one attached hydrogen (secondary N) is 2. The maximum absolute atomic E-state index is 13.7. The molecule has 2 aliphatic carbocycles. The van der Waals surface area contributed by atoms with Crippen LogP contribution in [0, 0.1) is 22.7 Å². The van der Waals surface area contributed by atoms with Gasteiger partial charge in [-0.15, -0.1) is 0 Å². The fourth-order valence-electron chi connectivity index (χ4n) is 8.70. The van der Waals surface area contributed by atoms with Crippen LogP contribution < -0.4 is 22.1 Å². The highest BCUT2D eigenvalue weighted by molar-refractivity contribution is 6.07. The molecule has 2 aliphatic heterocycles. The Hall–Kier alpha value is -4.98. The van der Waals surface area contributed by atoms with Crippen LogP contribution in [-0.2, 0) is 14.3 Å². The Kier molecular flexibility index (Phi) is 11.1. The van der Waals surface area contributed by atoms with Crippen LogP contribution >= 0.6 is 0 Å². The van der Waals surface area contributed by atoms with Crippen molar-refractivity contribution in [3.05, 3.63) is 83.8 Å². The number of hydrogen-bond acceptors (Lipinski definition) is 11. The van der Waals surface area contributed by atoms with E-state index in [1.807, 2.05) is 44.2 Å². The minimum atomic E-state index is -0.797. The Morgan fingerprint density at radius 2 is 1.98 bits per heavy atom. The predicted molar refractivity (Wildman–Crippen MR) is 206 cm³/mol. The van der Waals surface area contributed by atoms with Gasteiger partial charge in [0.25, 0.3) is 0 Å². The summed E-state index contributed by atoms with van der Waals surface area (Å²) in [5.41, 5.74) is 12.6. The van der Waals surface area contributed by atoms with Gasteiger partial charge in [-0.25, -0.2) is 19.8 Å². The highest BCUT2D eigenvalue weighted by atomic mass is 16.5. The van der Waals surface area contributed by atoms with Gasteiger partial charge in [0.2, 0.25) is 0 Å². The first-order chi connectivity index (χ1) is 25.3. The molecular weight excluding hydrogens is 672 g/mol. The number of amidine groups is 1. The number of cyclic esters (lactones) is 1. The van der Waals surface area contributed by atoms with Crippen LogP contribution in [-0.4, -0.2) is 82.3 Å². The van der Waals surface area contributed by atoms with E-state index in [1.54, 1.807) is 36.7 Å². The van der Waals surface area contributed by atoms with Gasteiger partial charge in [-0.3, -0.25) is 9.79 Å². The molecule has 13 heteroatoms. The third kappa shape index (κ3) is 8.02. The first-order valence-electron chi connectivity index (χ1n) is 18.2. The fraction of sp³-hybridized carbons (Fsp3) is 0.450. The number of aliphatic hydroxyl groups is 2. The lowest BCUT2D eigenvalue weighted by Gasteiger charge is -2.62. The number of nitrogens with zero attached hydrogens (tertiary/aromatic N) is 4. The number of ether oxygens (including phenoxy) is 1. The number of guanidine groups is 1. The van der Waals surface area contributed by atoms with E-state index in [0.29, 0.717) is 60.9 Å². The second-order valence-electron chi connectivity index (χ2n) is 15.1. The number of esters is 1. The van der Waals surface area contributed by atoms with E-state index in [2.05, 4.69) is 44.1 Å². The zero-order valence-corrected chi connectivity index (χ0v) is 30.5. The molecule has 0 radical (unpaired) electrons. The van der Waals surface area contributed by atoms with Crippen LogP contribution in [0.1, 0.15) is 58.4 Å². The van der Waals surface area contributed by atoms with E-state index >= 15 is 0 Å². The Morgan fingerprint density at radius 3 is 2.64 bits per heavy atom. The number of aliphatic hydroxyl groups excluding tert-OH is 2. The van der Waals surface area contributed by atoms with E-state index in [-0.39, 0.29) is 42.6 Å². The molecule has 4 aliphatic rings. The molecule has 6 rings (SSSR count). The number of rotatable bonds is 13. The van der Waals surface area contributed by atoms with Gasteiger partial charge in [0.15, 0.2) is 11.7 Å². The Bertz CT molecular complexity index is 1870. The average Bonchev–Trinajstić information content (AvgIpc) is 3.78. The van der Waals surface area contributed by atoms with Crippen molar-refractivity contribution in [2.24, 2.45) is 49.1 Å². The molecule has 0 bridgehead atoms. The zero-order chi connectivity index (χ0) is 37.9. The molecule has 2 saturated carbocycles. The second-order valence-corrected chi connectivity index (χ2v) is 15.1. The number of benzene rings is 1. The van der Waals surface area contributed by atoms with Crippen molar-refractivity contribution >= 4 is 47.3 Å². The molecule has 5 unspecified atom stereocenters. The molecule has 53 heavy (non-hydrogen) atoms. The summed E-state index contributed by atoms with van der Waals surface area (Å²) in [7, 11) is 0. The lowest BCUT2D eigenvalue weighted by molar-refractivity contribution is -0.156. The lowest BCUT2D eigenvalue weighted by Crippen LogP contribution is -2.62. The number of pyridine rings is 1. The number of carbonyl (C=O) groups is 2. The van der Waals surface area contributed by atoms with Crippen LogP contribution in [0.3, 0.4) is 0 Å². The summed E-state index contributed by atoms with van der Waals surface area (Å²) in [6.07, 6.45) is 8.55. The van der Waals surface area contributed by atoms with Gasteiger partial charge in [0.1, 0.15) is 17.4 Å². The molecule has 0 amide bonds. The van der Waals surface area contributed by atoms with Gasteiger partial charge in [-0.05, 0) is 91.8 Å². The minimum Gasteiger partial charge on any atom is -0.423 e. The van der Waals surface area contributed by atoms with Crippen LogP contribution in [0.5, 0.6) is 0 Å². The van der Waals surface area contributed by atoms with Gasteiger partial charge in [-0.2, -0.15) is 0 Å². The van der Waals surface area contributed by atoms with Crippen LogP contribution in [0.15, 0.2) is 93.2 Å². The molecule has 2 fully saturated rings. The lowest BCUT2D eigenvalue weighted by atomic mass is 9.45. The Labute approximate surface area is 310 Å². The van der Waals surface area contributed by atoms with Gasteiger partial charge in [-0.1, -0.05) is 44.2 Å². The first-order valence-corrected chi connectivity index (χ1v) is 18.2. The zero-order valence-electron chi connectivity index (χ0n) is 30.5. The number of ketones is 1. The number of fused-ring (bicyclic) bond motifs is 1. The third-order valence-electron chi connectivity index (χ3n) is 11.7. The molecule has 13 nitrogen and oxygen atoms in total. The molecule has 1 aromatic heterocycles. The topological polar surface area (TPSA) is 210 Å². The van der Waals surface area contributed by atoms with Crippen LogP contribution in [0.25, 0.3) is 6.08 Å². The molecule has 1 aromatic carbocycles. The number of allylic oxidation sites excluding steroid dienone is 1. The maximum Gasteiger partial charge on any atom is 0.341 e. The van der Waals surface area contributed by atoms with E-state index in [9.17, 15) is 19.8 Å². The quantitative estimate of drug-likeness (QED) is 0.0762. The predicted octanol–water partition coefficient (Wildman–Crippen LogP) is 3.82. The Balaban J connectivity index is 1.34. The smallest absolute Gasteiger partial charge is 0.341 e. The van der Waals surface area contributed by atoms with Crippen LogP contribution in [0.4, 0.5) is 11.5 Å². The summed E-state index contributed by atoms with van der Waals surface area (Å²) < 4.78 is 5.80. The fourth-order valence-corrected chi connectivity index (χ4v) is 8.70. The summed E-state index contributed by atoms with van der Waals surface area (Å²) >= 11 is 0. The minimum absolute atomic E-state index is 0.0344. The summed E-state index contributed by atoms with van der Waals surface area (Å²) in [6, 6.07) is 11.4. The van der Waals surface area contributed by atoms with Crippen molar-refractivity contribution in [3.63, 3.8) is 0 Å². The summed E-state index contributed by atoms with van der Waals surface area (Å²) in [4.78, 5) is 44.1. The van der Waals surface area contributed by atoms with Crippen molar-refractivity contribution in [2.45, 2.75) is 77.1 Å². The molecule has 0 saturated heterocycles. The SMILES string of the molecule is C=C1C(NC(C)C(=O)CC2=NCC=N2)CC2[C@](C)(CC[C@@H](O)[C@@]2(C)CO)C1CC(Nc1ccccn1)C1=C/C(=C\c2ccc(N=C(N)N)cc2)OC1=O. The molecular formula is C40H50N8O5. The molecule has 280 valence electrons. The Morgan fingerprint density at radius 1 is 1.21 bits per heavy atom. The number of anilines is 1. The van der Waals surface area contributed by atoms with E-state index in [4.69, 9.17) is 16.2 Å². The van der Waals surface area contributed by atoms with Crippen molar-refractivity contribution in [3.8, 4) is 0 Å². The largest absolute Gasteiger partial charge is 0.423 e. The van der Waals surface area contributed by atoms with Gasteiger partial charge >= 0.3 is 5.97 Å². The van der Waals surface area contributed by atoms with Gasteiger partial charge < -0.3 is 37.1 Å². The van der Waals surface area contributed by atoms with E-state index < -0.39 is 35.0 Å². The highest BCUT2D eigenvalue weighted by Crippen LogP contribution is 2.62. The first kappa shape index (κ1) is 37.8. The molecule has 2 aromatic rings. The van der Waals surface area contributed by atoms with Crippen LogP contribution in [0.2, 0.25) is 0 Å². The molecule has 3 heterocycles. The second kappa shape index (κ2) is 15.6. The maximum atomic E-state index is 13.7. The van der Waals surface area contributed by atoms with E-state index in [0.717, 1.165) is 11.1 Å². The van der Waals surface area contributed by atoms with E-state index in [1.165, 1.54) is 0 Å². The number of hydrogen-bond donors (Lipinski definition) is 6. The molecule has 8 atom stereocenters. The summed E-state index contributed by atoms with van der Waals surface area (Å²) in [5, 5.41) is 29.2. The van der Waals surface area contributed by atoms with Crippen molar-refractivity contribution in [1.82, 2.24) is 10.3 Å². The molecule has 8 N–H and O–H groups in total. The number of aromatic nitrogens is 1. The van der Waals surface area contributed by atoms with Gasteiger partial charge in [0, 0.05) is 23.9 Å². The summed E-state index contributed by atoms with van der Waals surface area (Å²) in [6.45, 7) is 11.0. The standard InChI is InChI=1S/C40H50N8O5/c1-23-29(39(3)13-12-34(51)40(4,22-49)33(39)20-30(23)46-24(2)32(50)21-36-44-15-16-45-36)19-31(48-35-7-5-6-14-43-35)28-18-27(53-37(28)52)17-25-8-10-26(11-9-25)47-38(41)42/h5-11,14-15,17-18,24,29-31,33-34,46,49,51H,1,12-13,16,19-22H2,2-4H3,(H,43,48)(H4,41,42,47)/b27-17+/t24?,29?,30?,31?,33?,34-,39-,40+/m1/s1.